The van der Waals surface area contributed by atoms with E-state index in [1.807, 2.05) is 6.92 Å². The van der Waals surface area contributed by atoms with Gasteiger partial charge < -0.3 is 10.5 Å². The van der Waals surface area contributed by atoms with E-state index in [1.165, 1.54) is 12.1 Å². The normalized spacial score (nSPS) is 11.8. The molecule has 5 nitrogen and oxygen atoms in total. The molecule has 114 valence electrons. The summed E-state index contributed by atoms with van der Waals surface area (Å²) in [5, 5.41) is 0.161. The zero-order valence-corrected chi connectivity index (χ0v) is 13.5. The van der Waals surface area contributed by atoms with Crippen LogP contribution in [-0.2, 0) is 14.8 Å². The highest BCUT2D eigenvalue weighted by atomic mass is 35.5. The molecule has 0 aliphatic heterocycles. The summed E-state index contributed by atoms with van der Waals surface area (Å²) >= 11 is 11.7. The first kappa shape index (κ1) is 17.5. The Balaban J connectivity index is 2.63. The van der Waals surface area contributed by atoms with Crippen LogP contribution in [0.25, 0.3) is 0 Å². The van der Waals surface area contributed by atoms with Crippen molar-refractivity contribution < 1.29 is 13.2 Å². The van der Waals surface area contributed by atoms with Crippen molar-refractivity contribution in [1.29, 1.82) is 0 Å². The van der Waals surface area contributed by atoms with Gasteiger partial charge in [-0.2, -0.15) is 0 Å². The van der Waals surface area contributed by atoms with Crippen molar-refractivity contribution in [1.82, 2.24) is 4.72 Å². The standard InChI is InChI=1S/C12H18Cl2N2O3S/c1-2-7-19-8-3-6-16-20(17,18)10-5-4-9(13)12(15)11(10)14/h4-5,16H,2-3,6-8,15H2,1H3. The fraction of sp³-hybridized carbons (Fsp3) is 0.500. The minimum Gasteiger partial charge on any atom is -0.396 e. The number of nitrogen functional groups attached to an aromatic ring is 1. The van der Waals surface area contributed by atoms with Crippen LogP contribution in [-0.4, -0.2) is 28.2 Å². The molecule has 0 unspecified atom stereocenters. The molecular formula is C12H18Cl2N2O3S. The Morgan fingerprint density at radius 2 is 2.00 bits per heavy atom. The molecule has 0 amide bonds. The summed E-state index contributed by atoms with van der Waals surface area (Å²) in [6.07, 6.45) is 1.52. The van der Waals surface area contributed by atoms with E-state index in [0.29, 0.717) is 19.6 Å². The molecule has 0 saturated carbocycles. The van der Waals surface area contributed by atoms with Gasteiger partial charge in [-0.15, -0.1) is 0 Å². The van der Waals surface area contributed by atoms with Gasteiger partial charge in [-0.05, 0) is 25.0 Å². The summed E-state index contributed by atoms with van der Waals surface area (Å²) in [6, 6.07) is 2.73. The van der Waals surface area contributed by atoms with E-state index in [9.17, 15) is 8.42 Å². The molecule has 0 spiro atoms. The molecule has 0 aliphatic rings. The van der Waals surface area contributed by atoms with Gasteiger partial charge >= 0.3 is 0 Å². The molecule has 8 heteroatoms. The Morgan fingerprint density at radius 3 is 2.65 bits per heavy atom. The Kier molecular flexibility index (Phi) is 7.05. The Labute approximate surface area is 129 Å². The first-order chi connectivity index (χ1) is 9.40. The van der Waals surface area contributed by atoms with E-state index in [2.05, 4.69) is 4.72 Å². The molecule has 0 fully saturated rings. The van der Waals surface area contributed by atoms with Crippen molar-refractivity contribution >= 4 is 38.9 Å². The number of nitrogens with two attached hydrogens (primary N) is 1. The summed E-state index contributed by atoms with van der Waals surface area (Å²) in [6.45, 7) is 3.46. The third-order valence-electron chi connectivity index (χ3n) is 2.49. The number of anilines is 1. The lowest BCUT2D eigenvalue weighted by Gasteiger charge is -2.10. The minimum absolute atomic E-state index is 0.0579. The van der Waals surface area contributed by atoms with Crippen molar-refractivity contribution in [3.8, 4) is 0 Å². The van der Waals surface area contributed by atoms with Crippen LogP contribution in [0.15, 0.2) is 17.0 Å². The highest BCUT2D eigenvalue weighted by molar-refractivity contribution is 7.89. The maximum atomic E-state index is 12.1. The lowest BCUT2D eigenvalue weighted by molar-refractivity contribution is 0.133. The summed E-state index contributed by atoms with van der Waals surface area (Å²) in [5.41, 5.74) is 5.67. The summed E-state index contributed by atoms with van der Waals surface area (Å²) in [4.78, 5) is -0.0736. The van der Waals surface area contributed by atoms with E-state index < -0.39 is 10.0 Å². The summed E-state index contributed by atoms with van der Waals surface area (Å²) < 4.78 is 31.9. The third kappa shape index (κ3) is 4.79. The quantitative estimate of drug-likeness (QED) is 0.563. The van der Waals surface area contributed by atoms with Gasteiger partial charge in [-0.3, -0.25) is 0 Å². The van der Waals surface area contributed by atoms with Crippen LogP contribution in [0.1, 0.15) is 19.8 Å². The number of hydrogen-bond acceptors (Lipinski definition) is 4. The zero-order chi connectivity index (χ0) is 15.2. The first-order valence-corrected chi connectivity index (χ1v) is 8.45. The highest BCUT2D eigenvalue weighted by Gasteiger charge is 2.20. The summed E-state index contributed by atoms with van der Waals surface area (Å²) in [5.74, 6) is 0. The van der Waals surface area contributed by atoms with E-state index in [1.54, 1.807) is 0 Å². The number of ether oxygens (including phenoxy) is 1. The first-order valence-electron chi connectivity index (χ1n) is 6.21. The van der Waals surface area contributed by atoms with Crippen LogP contribution >= 0.6 is 23.2 Å². The molecule has 1 rings (SSSR count). The van der Waals surface area contributed by atoms with Gasteiger partial charge in [0.15, 0.2) is 0 Å². The van der Waals surface area contributed by atoms with E-state index in [-0.39, 0.29) is 27.2 Å². The van der Waals surface area contributed by atoms with Crippen molar-refractivity contribution in [3.63, 3.8) is 0 Å². The molecule has 0 saturated heterocycles. The van der Waals surface area contributed by atoms with Crippen molar-refractivity contribution in [3.05, 3.63) is 22.2 Å². The SMILES string of the molecule is CCCOCCCNS(=O)(=O)c1ccc(Cl)c(N)c1Cl. The molecule has 0 aliphatic carbocycles. The zero-order valence-electron chi connectivity index (χ0n) is 11.2. The Hall–Kier alpha value is -0.530. The van der Waals surface area contributed by atoms with E-state index in [4.69, 9.17) is 33.7 Å². The van der Waals surface area contributed by atoms with Crippen LogP contribution in [0.2, 0.25) is 10.0 Å². The van der Waals surface area contributed by atoms with Gasteiger partial charge in [0.25, 0.3) is 0 Å². The van der Waals surface area contributed by atoms with Crippen molar-refractivity contribution in [2.24, 2.45) is 0 Å². The molecule has 0 bridgehead atoms. The molecule has 0 radical (unpaired) electrons. The topological polar surface area (TPSA) is 81.4 Å². The predicted molar refractivity (Wildman–Crippen MR) is 81.8 cm³/mol. The van der Waals surface area contributed by atoms with E-state index >= 15 is 0 Å². The van der Waals surface area contributed by atoms with Gasteiger partial charge in [-0.25, -0.2) is 13.1 Å². The molecule has 0 aromatic heterocycles. The van der Waals surface area contributed by atoms with Crippen LogP contribution in [0.5, 0.6) is 0 Å². The van der Waals surface area contributed by atoms with Crippen LogP contribution in [0.4, 0.5) is 5.69 Å². The average Bonchev–Trinajstić information content (AvgIpc) is 2.39. The molecule has 3 N–H and O–H groups in total. The molecular weight excluding hydrogens is 323 g/mol. The van der Waals surface area contributed by atoms with Gasteiger partial charge in [0, 0.05) is 19.8 Å². The van der Waals surface area contributed by atoms with Crippen molar-refractivity contribution in [2.45, 2.75) is 24.7 Å². The van der Waals surface area contributed by atoms with Gasteiger partial charge in [-0.1, -0.05) is 30.1 Å². The number of benzene rings is 1. The largest absolute Gasteiger partial charge is 0.396 e. The minimum atomic E-state index is -3.70. The number of sulfonamides is 1. The third-order valence-corrected chi connectivity index (χ3v) is 4.84. The number of halogens is 2. The van der Waals surface area contributed by atoms with Gasteiger partial charge in [0.2, 0.25) is 10.0 Å². The number of nitrogens with one attached hydrogen (secondary N) is 1. The van der Waals surface area contributed by atoms with Gasteiger partial charge in [0.1, 0.15) is 4.90 Å². The maximum absolute atomic E-state index is 12.1. The maximum Gasteiger partial charge on any atom is 0.242 e. The van der Waals surface area contributed by atoms with Crippen molar-refractivity contribution in [2.75, 3.05) is 25.5 Å². The number of rotatable bonds is 8. The molecule has 0 atom stereocenters. The second kappa shape index (κ2) is 8.05. The highest BCUT2D eigenvalue weighted by Crippen LogP contribution is 2.32. The Bertz CT molecular complexity index is 550. The molecule has 20 heavy (non-hydrogen) atoms. The molecule has 0 heterocycles. The van der Waals surface area contributed by atoms with E-state index in [0.717, 1.165) is 6.42 Å². The average molecular weight is 341 g/mol. The molecule has 1 aromatic rings. The fourth-order valence-corrected chi connectivity index (χ4v) is 3.30. The van der Waals surface area contributed by atoms with Gasteiger partial charge in [0.05, 0.1) is 15.7 Å². The number of hydrogen-bond donors (Lipinski definition) is 2. The lowest BCUT2D eigenvalue weighted by atomic mass is 10.3. The Morgan fingerprint density at radius 1 is 1.30 bits per heavy atom. The fourth-order valence-electron chi connectivity index (χ4n) is 1.46. The van der Waals surface area contributed by atoms with Crippen LogP contribution in [0, 0.1) is 0 Å². The smallest absolute Gasteiger partial charge is 0.242 e. The monoisotopic (exact) mass is 340 g/mol. The summed E-state index contributed by atoms with van der Waals surface area (Å²) in [7, 11) is -3.70. The second-order valence-corrected chi connectivity index (χ2v) is 6.66. The predicted octanol–water partition coefficient (Wildman–Crippen LogP) is 2.67. The molecule has 1 aromatic carbocycles. The second-order valence-electron chi connectivity index (χ2n) is 4.14. The van der Waals surface area contributed by atoms with Crippen LogP contribution in [0.3, 0.4) is 0 Å². The lowest BCUT2D eigenvalue weighted by Crippen LogP contribution is -2.26. The van der Waals surface area contributed by atoms with Crippen LogP contribution < -0.4 is 10.5 Å².